The van der Waals surface area contributed by atoms with Crippen LogP contribution in [0.1, 0.15) is 25.7 Å². The van der Waals surface area contributed by atoms with E-state index in [0.29, 0.717) is 24.7 Å². The second-order valence-electron chi connectivity index (χ2n) is 3.89. The van der Waals surface area contributed by atoms with Crippen LogP contribution >= 0.6 is 11.8 Å². The Balaban J connectivity index is 1.81. The van der Waals surface area contributed by atoms with E-state index in [4.69, 9.17) is 4.74 Å². The Kier molecular flexibility index (Phi) is 3.51. The van der Waals surface area contributed by atoms with Crippen molar-refractivity contribution in [3.8, 4) is 0 Å². The van der Waals surface area contributed by atoms with E-state index in [1.165, 1.54) is 24.3 Å². The van der Waals surface area contributed by atoms with E-state index in [2.05, 4.69) is 0 Å². The number of carbonyl (C=O) groups excluding carboxylic acids is 1. The van der Waals surface area contributed by atoms with Crippen molar-refractivity contribution < 1.29 is 9.53 Å². The molecule has 1 fully saturated rings. The molecule has 2 nitrogen and oxygen atoms in total. The minimum absolute atomic E-state index is 0.222. The Morgan fingerprint density at radius 2 is 2.29 bits per heavy atom. The van der Waals surface area contributed by atoms with Gasteiger partial charge in [0.2, 0.25) is 0 Å². The molecule has 0 aromatic carbocycles. The first-order chi connectivity index (χ1) is 6.86. The first-order valence-corrected chi connectivity index (χ1v) is 6.45. The summed E-state index contributed by atoms with van der Waals surface area (Å²) in [6.07, 6.45) is 5.93. The maximum absolute atomic E-state index is 11.7. The number of thioether (sulfide) groups is 1. The highest BCUT2D eigenvalue weighted by molar-refractivity contribution is 7.99. The number of ether oxygens (including phenoxy) is 1. The molecule has 0 saturated carbocycles. The van der Waals surface area contributed by atoms with Crippen molar-refractivity contribution in [1.29, 1.82) is 0 Å². The van der Waals surface area contributed by atoms with Gasteiger partial charge in [0.05, 0.1) is 6.61 Å². The van der Waals surface area contributed by atoms with Crippen molar-refractivity contribution in [2.24, 2.45) is 5.92 Å². The summed E-state index contributed by atoms with van der Waals surface area (Å²) in [6.45, 7) is 0.696. The highest BCUT2D eigenvalue weighted by Gasteiger charge is 2.21. The Hall–Kier alpha value is -0.440. The second-order valence-corrected chi connectivity index (χ2v) is 5.11. The third-order valence-electron chi connectivity index (χ3n) is 2.79. The number of ketones is 1. The summed E-state index contributed by atoms with van der Waals surface area (Å²) < 4.78 is 5.26. The molecule has 0 aromatic heterocycles. The number of Topliss-reactive ketones (excluding diaryl/α,β-unsaturated/α-hetero) is 1. The molecule has 0 unspecified atom stereocenters. The zero-order valence-electron chi connectivity index (χ0n) is 8.33. The molecule has 0 aliphatic carbocycles. The number of rotatable bonds is 3. The van der Waals surface area contributed by atoms with Crippen LogP contribution < -0.4 is 0 Å². The number of allylic oxidation sites excluding steroid dienone is 1. The fourth-order valence-electron chi connectivity index (χ4n) is 1.93. The van der Waals surface area contributed by atoms with Crippen molar-refractivity contribution in [3.63, 3.8) is 0 Å². The quantitative estimate of drug-likeness (QED) is 0.718. The Bertz CT molecular complexity index is 242. The fourth-order valence-corrected chi connectivity index (χ4v) is 3.13. The Morgan fingerprint density at radius 3 is 2.93 bits per heavy atom. The molecule has 2 aliphatic rings. The summed E-state index contributed by atoms with van der Waals surface area (Å²) in [4.78, 5) is 11.7. The fraction of sp³-hybridized carbons (Fsp3) is 0.727. The molecule has 1 saturated heterocycles. The third kappa shape index (κ3) is 2.53. The van der Waals surface area contributed by atoms with Crippen LogP contribution in [0.5, 0.6) is 0 Å². The lowest BCUT2D eigenvalue weighted by molar-refractivity contribution is -0.119. The first kappa shape index (κ1) is 10.1. The molecule has 2 rings (SSSR count). The molecule has 0 radical (unpaired) electrons. The molecule has 0 spiro atoms. The van der Waals surface area contributed by atoms with E-state index >= 15 is 0 Å². The van der Waals surface area contributed by atoms with E-state index in [1.807, 2.05) is 17.8 Å². The van der Waals surface area contributed by atoms with E-state index in [9.17, 15) is 4.79 Å². The summed E-state index contributed by atoms with van der Waals surface area (Å²) in [5.41, 5.74) is 0. The summed E-state index contributed by atoms with van der Waals surface area (Å²) in [7, 11) is 0. The van der Waals surface area contributed by atoms with Crippen LogP contribution in [-0.2, 0) is 9.53 Å². The summed E-state index contributed by atoms with van der Waals surface area (Å²) in [6, 6.07) is 0. The van der Waals surface area contributed by atoms with Gasteiger partial charge in [0, 0.05) is 12.8 Å². The number of carbonyl (C=O) groups is 1. The Labute approximate surface area is 89.1 Å². The van der Waals surface area contributed by atoms with Crippen molar-refractivity contribution in [2.45, 2.75) is 25.7 Å². The van der Waals surface area contributed by atoms with Crippen LogP contribution in [0.15, 0.2) is 11.8 Å². The van der Waals surface area contributed by atoms with Crippen LogP contribution in [0.25, 0.3) is 0 Å². The smallest absolute Gasteiger partial charge is 0.197 e. The summed E-state index contributed by atoms with van der Waals surface area (Å²) >= 11 is 2.00. The number of hydrogen-bond acceptors (Lipinski definition) is 3. The zero-order chi connectivity index (χ0) is 9.80. The highest BCUT2D eigenvalue weighted by atomic mass is 32.2. The van der Waals surface area contributed by atoms with Gasteiger partial charge in [-0.25, -0.2) is 0 Å². The molecule has 2 heterocycles. The first-order valence-electron chi connectivity index (χ1n) is 5.30. The van der Waals surface area contributed by atoms with Gasteiger partial charge in [-0.3, -0.25) is 4.79 Å². The lowest BCUT2D eigenvalue weighted by Gasteiger charge is -2.20. The van der Waals surface area contributed by atoms with Gasteiger partial charge in [0.15, 0.2) is 11.5 Å². The predicted molar refractivity (Wildman–Crippen MR) is 58.3 cm³/mol. The van der Waals surface area contributed by atoms with Crippen molar-refractivity contribution in [1.82, 2.24) is 0 Å². The molecule has 78 valence electrons. The van der Waals surface area contributed by atoms with Gasteiger partial charge in [-0.05, 0) is 36.3 Å². The zero-order valence-corrected chi connectivity index (χ0v) is 9.15. The molecule has 0 amide bonds. The standard InChI is InChI=1S/C11H16O2S/c12-10(11-2-1-5-13-11)8-9-3-6-14-7-4-9/h2,9H,1,3-8H2. The maximum Gasteiger partial charge on any atom is 0.197 e. The van der Waals surface area contributed by atoms with Crippen LogP contribution in [0.4, 0.5) is 0 Å². The van der Waals surface area contributed by atoms with Gasteiger partial charge in [0.1, 0.15) is 0 Å². The average Bonchev–Trinajstić information content (AvgIpc) is 2.72. The number of hydrogen-bond donors (Lipinski definition) is 0. The van der Waals surface area contributed by atoms with Crippen molar-refractivity contribution in [2.75, 3.05) is 18.1 Å². The minimum atomic E-state index is 0.222. The van der Waals surface area contributed by atoms with Crippen LogP contribution in [-0.4, -0.2) is 23.9 Å². The molecular formula is C11H16O2S. The highest BCUT2D eigenvalue weighted by Crippen LogP contribution is 2.27. The third-order valence-corrected chi connectivity index (χ3v) is 3.84. The van der Waals surface area contributed by atoms with Gasteiger partial charge in [-0.1, -0.05) is 0 Å². The normalized spacial score (nSPS) is 23.0. The van der Waals surface area contributed by atoms with Crippen molar-refractivity contribution >= 4 is 17.5 Å². The lowest BCUT2D eigenvalue weighted by Crippen LogP contribution is -2.15. The molecular weight excluding hydrogens is 196 g/mol. The van der Waals surface area contributed by atoms with Gasteiger partial charge in [-0.2, -0.15) is 11.8 Å². The van der Waals surface area contributed by atoms with E-state index < -0.39 is 0 Å². The van der Waals surface area contributed by atoms with E-state index in [1.54, 1.807) is 0 Å². The van der Waals surface area contributed by atoms with Crippen LogP contribution in [0.2, 0.25) is 0 Å². The molecule has 0 bridgehead atoms. The second kappa shape index (κ2) is 4.87. The van der Waals surface area contributed by atoms with Crippen LogP contribution in [0.3, 0.4) is 0 Å². The minimum Gasteiger partial charge on any atom is -0.490 e. The van der Waals surface area contributed by atoms with Gasteiger partial charge >= 0.3 is 0 Å². The van der Waals surface area contributed by atoms with Crippen molar-refractivity contribution in [3.05, 3.63) is 11.8 Å². The molecule has 2 aliphatic heterocycles. The molecule has 14 heavy (non-hydrogen) atoms. The van der Waals surface area contributed by atoms with Gasteiger partial charge < -0.3 is 4.74 Å². The summed E-state index contributed by atoms with van der Waals surface area (Å²) in [5, 5.41) is 0. The lowest BCUT2D eigenvalue weighted by atomic mass is 9.96. The Morgan fingerprint density at radius 1 is 1.50 bits per heavy atom. The molecule has 0 aromatic rings. The van der Waals surface area contributed by atoms with Gasteiger partial charge in [-0.15, -0.1) is 0 Å². The molecule has 3 heteroatoms. The average molecular weight is 212 g/mol. The van der Waals surface area contributed by atoms with Gasteiger partial charge in [0.25, 0.3) is 0 Å². The van der Waals surface area contributed by atoms with E-state index in [0.717, 1.165) is 6.42 Å². The van der Waals surface area contributed by atoms with Crippen LogP contribution in [0, 0.1) is 5.92 Å². The SMILES string of the molecule is O=C(CC1CCSCC1)C1=CCCO1. The van der Waals surface area contributed by atoms with E-state index in [-0.39, 0.29) is 5.78 Å². The predicted octanol–water partition coefficient (Wildman–Crippen LogP) is 2.39. The molecule has 0 N–H and O–H groups in total. The summed E-state index contributed by atoms with van der Waals surface area (Å²) in [5.74, 6) is 3.90. The monoisotopic (exact) mass is 212 g/mol. The topological polar surface area (TPSA) is 26.3 Å². The maximum atomic E-state index is 11.7. The molecule has 0 atom stereocenters. The largest absolute Gasteiger partial charge is 0.490 e.